The molecule has 4 nitrogen and oxygen atoms in total. The SMILES string of the molecule is CO[C@@H]1CCCC[C@@H](NC(=O)c2ccccc2C(F)(F)F)[C@H]1O. The van der Waals surface area contributed by atoms with Crippen LogP contribution in [-0.2, 0) is 10.9 Å². The van der Waals surface area contributed by atoms with Crippen molar-refractivity contribution in [1.29, 1.82) is 0 Å². The van der Waals surface area contributed by atoms with E-state index in [2.05, 4.69) is 5.32 Å². The zero-order chi connectivity index (χ0) is 17.0. The third-order valence-corrected chi connectivity index (χ3v) is 4.14. The van der Waals surface area contributed by atoms with Crippen LogP contribution in [-0.4, -0.2) is 36.4 Å². The molecule has 1 saturated carbocycles. The smallest absolute Gasteiger partial charge is 0.388 e. The largest absolute Gasteiger partial charge is 0.417 e. The number of nitrogens with one attached hydrogen (secondary N) is 1. The van der Waals surface area contributed by atoms with Crippen molar-refractivity contribution in [2.45, 2.75) is 50.1 Å². The third kappa shape index (κ3) is 4.23. The number of aliphatic hydroxyl groups is 1. The van der Waals surface area contributed by atoms with Gasteiger partial charge in [-0.2, -0.15) is 13.2 Å². The first-order valence-corrected chi connectivity index (χ1v) is 7.52. The van der Waals surface area contributed by atoms with E-state index in [0.29, 0.717) is 12.8 Å². The summed E-state index contributed by atoms with van der Waals surface area (Å²) in [5.74, 6) is -0.835. The van der Waals surface area contributed by atoms with E-state index in [1.165, 1.54) is 19.2 Å². The summed E-state index contributed by atoms with van der Waals surface area (Å²) in [4.78, 5) is 12.3. The Kier molecular flexibility index (Phi) is 5.64. The predicted octanol–water partition coefficient (Wildman–Crippen LogP) is 2.75. The number of benzene rings is 1. The number of carbonyl (C=O) groups excluding carboxylic acids is 1. The topological polar surface area (TPSA) is 58.6 Å². The van der Waals surface area contributed by atoms with Crippen LogP contribution in [0.3, 0.4) is 0 Å². The molecule has 1 aromatic carbocycles. The number of aliphatic hydroxyl groups excluding tert-OH is 1. The summed E-state index contributed by atoms with van der Waals surface area (Å²) < 4.78 is 44.2. The van der Waals surface area contributed by atoms with Gasteiger partial charge in [0.25, 0.3) is 5.91 Å². The molecule has 0 saturated heterocycles. The van der Waals surface area contributed by atoms with Crippen molar-refractivity contribution in [1.82, 2.24) is 5.32 Å². The average molecular weight is 331 g/mol. The lowest BCUT2D eigenvalue weighted by Gasteiger charge is -2.27. The van der Waals surface area contributed by atoms with E-state index in [-0.39, 0.29) is 0 Å². The molecule has 1 aliphatic carbocycles. The molecule has 0 radical (unpaired) electrons. The van der Waals surface area contributed by atoms with Crippen molar-refractivity contribution >= 4 is 5.91 Å². The van der Waals surface area contributed by atoms with Crippen LogP contribution in [0.25, 0.3) is 0 Å². The number of rotatable bonds is 3. The highest BCUT2D eigenvalue weighted by atomic mass is 19.4. The van der Waals surface area contributed by atoms with Crippen LogP contribution in [0.2, 0.25) is 0 Å². The van der Waals surface area contributed by atoms with Crippen LogP contribution in [0.5, 0.6) is 0 Å². The first kappa shape index (κ1) is 17.7. The molecule has 0 spiro atoms. The van der Waals surface area contributed by atoms with E-state index in [9.17, 15) is 23.1 Å². The zero-order valence-electron chi connectivity index (χ0n) is 12.8. The minimum absolute atomic E-state index is 0.430. The lowest BCUT2D eigenvalue weighted by atomic mass is 10.0. The molecule has 3 atom stereocenters. The molecule has 7 heteroatoms. The highest BCUT2D eigenvalue weighted by Crippen LogP contribution is 2.32. The van der Waals surface area contributed by atoms with Crippen molar-refractivity contribution in [2.75, 3.05) is 7.11 Å². The molecule has 1 aromatic rings. The Hall–Kier alpha value is -1.60. The Morgan fingerprint density at radius 2 is 1.91 bits per heavy atom. The average Bonchev–Trinajstić information content (AvgIpc) is 2.68. The minimum atomic E-state index is -4.61. The fraction of sp³-hybridized carbons (Fsp3) is 0.562. The normalized spacial score (nSPS) is 25.7. The molecule has 1 aliphatic rings. The van der Waals surface area contributed by atoms with Crippen LogP contribution in [0.4, 0.5) is 13.2 Å². The molecule has 0 aliphatic heterocycles. The molecule has 23 heavy (non-hydrogen) atoms. The fourth-order valence-corrected chi connectivity index (χ4v) is 2.90. The number of carbonyl (C=O) groups is 1. The second kappa shape index (κ2) is 7.31. The van der Waals surface area contributed by atoms with E-state index in [1.807, 2.05) is 0 Å². The maximum Gasteiger partial charge on any atom is 0.417 e. The maximum atomic E-state index is 13.0. The van der Waals surface area contributed by atoms with Crippen LogP contribution in [0.15, 0.2) is 24.3 Å². The Labute approximate surface area is 132 Å². The second-order valence-electron chi connectivity index (χ2n) is 5.67. The lowest BCUT2D eigenvalue weighted by molar-refractivity contribution is -0.137. The van der Waals surface area contributed by atoms with Gasteiger partial charge in [0, 0.05) is 7.11 Å². The van der Waals surface area contributed by atoms with Crippen molar-refractivity contribution in [3.05, 3.63) is 35.4 Å². The van der Waals surface area contributed by atoms with E-state index < -0.39 is 41.5 Å². The highest BCUT2D eigenvalue weighted by molar-refractivity contribution is 5.96. The second-order valence-corrected chi connectivity index (χ2v) is 5.67. The first-order chi connectivity index (χ1) is 10.8. The van der Waals surface area contributed by atoms with Crippen LogP contribution in [0.1, 0.15) is 41.6 Å². The van der Waals surface area contributed by atoms with Gasteiger partial charge in [0.1, 0.15) is 6.10 Å². The number of methoxy groups -OCH3 is 1. The fourth-order valence-electron chi connectivity index (χ4n) is 2.90. The highest BCUT2D eigenvalue weighted by Gasteiger charge is 2.36. The minimum Gasteiger partial charge on any atom is -0.388 e. The molecule has 0 bridgehead atoms. The van der Waals surface area contributed by atoms with E-state index in [4.69, 9.17) is 4.74 Å². The summed E-state index contributed by atoms with van der Waals surface area (Å²) in [5, 5.41) is 12.8. The molecule has 2 rings (SSSR count). The van der Waals surface area contributed by atoms with Crippen molar-refractivity contribution in [3.63, 3.8) is 0 Å². The molecule has 2 N–H and O–H groups in total. The van der Waals surface area contributed by atoms with Crippen molar-refractivity contribution in [2.24, 2.45) is 0 Å². The monoisotopic (exact) mass is 331 g/mol. The van der Waals surface area contributed by atoms with Gasteiger partial charge in [-0.3, -0.25) is 4.79 Å². The van der Waals surface area contributed by atoms with E-state index >= 15 is 0 Å². The summed E-state index contributed by atoms with van der Waals surface area (Å²) in [6.45, 7) is 0. The molecule has 1 fully saturated rings. The van der Waals surface area contributed by atoms with Gasteiger partial charge in [0.2, 0.25) is 0 Å². The van der Waals surface area contributed by atoms with E-state index in [0.717, 1.165) is 25.0 Å². The molecule has 128 valence electrons. The van der Waals surface area contributed by atoms with Gasteiger partial charge in [-0.15, -0.1) is 0 Å². The van der Waals surface area contributed by atoms with Gasteiger partial charge in [-0.1, -0.05) is 25.0 Å². The number of hydrogen-bond donors (Lipinski definition) is 2. The Bertz CT molecular complexity index is 548. The van der Waals surface area contributed by atoms with Crippen LogP contribution < -0.4 is 5.32 Å². The molecule has 1 amide bonds. The standard InChI is InChI=1S/C16H20F3NO3/c1-23-13-9-5-4-8-12(14(13)21)20-15(22)10-6-2-3-7-11(10)16(17,18)19/h2-3,6-7,12-14,21H,4-5,8-9H2,1H3,(H,20,22)/t12-,13-,14-/m1/s1. The molecule has 0 aromatic heterocycles. The van der Waals surface area contributed by atoms with Crippen molar-refractivity contribution < 1.29 is 27.8 Å². The van der Waals surface area contributed by atoms with Gasteiger partial charge >= 0.3 is 6.18 Å². The molecular formula is C16H20F3NO3. The molecule has 0 heterocycles. The predicted molar refractivity (Wildman–Crippen MR) is 78.0 cm³/mol. The van der Waals surface area contributed by atoms with E-state index in [1.54, 1.807) is 0 Å². The quantitative estimate of drug-likeness (QED) is 0.838. The Morgan fingerprint density at radius 3 is 2.57 bits per heavy atom. The number of ether oxygens (including phenoxy) is 1. The lowest BCUT2D eigenvalue weighted by Crippen LogP contribution is -2.48. The zero-order valence-corrected chi connectivity index (χ0v) is 12.8. The number of halogens is 3. The summed E-state index contributed by atoms with van der Waals surface area (Å²) in [6, 6.07) is 3.99. The van der Waals surface area contributed by atoms with Gasteiger partial charge in [-0.05, 0) is 25.0 Å². The Morgan fingerprint density at radius 1 is 1.26 bits per heavy atom. The Balaban J connectivity index is 2.18. The molecule has 0 unspecified atom stereocenters. The maximum absolute atomic E-state index is 13.0. The summed E-state index contributed by atoms with van der Waals surface area (Å²) in [6.07, 6.45) is -3.22. The van der Waals surface area contributed by atoms with Crippen LogP contribution >= 0.6 is 0 Å². The van der Waals surface area contributed by atoms with Gasteiger partial charge in [-0.25, -0.2) is 0 Å². The number of alkyl halides is 3. The molecular weight excluding hydrogens is 311 g/mol. The number of hydrogen-bond acceptors (Lipinski definition) is 3. The summed E-state index contributed by atoms with van der Waals surface area (Å²) in [7, 11) is 1.47. The number of amides is 1. The van der Waals surface area contributed by atoms with Gasteiger partial charge in [0.15, 0.2) is 0 Å². The van der Waals surface area contributed by atoms with Crippen LogP contribution in [0, 0.1) is 0 Å². The first-order valence-electron chi connectivity index (χ1n) is 7.52. The summed E-state index contributed by atoms with van der Waals surface area (Å²) >= 11 is 0. The summed E-state index contributed by atoms with van der Waals surface area (Å²) in [5.41, 5.74) is -1.42. The van der Waals surface area contributed by atoms with Gasteiger partial charge in [0.05, 0.1) is 23.3 Å². The van der Waals surface area contributed by atoms with Crippen molar-refractivity contribution in [3.8, 4) is 0 Å². The van der Waals surface area contributed by atoms with Gasteiger partial charge < -0.3 is 15.2 Å². The third-order valence-electron chi connectivity index (χ3n) is 4.14.